The molecule has 0 aromatic rings. The van der Waals surface area contributed by atoms with Crippen LogP contribution in [0, 0.1) is 0 Å². The molecule has 1 fully saturated rings. The van der Waals surface area contributed by atoms with Gasteiger partial charge in [-0.05, 0) is 0 Å². The van der Waals surface area contributed by atoms with Crippen LogP contribution >= 0.6 is 0 Å². The van der Waals surface area contributed by atoms with Gasteiger partial charge in [0.15, 0.2) is 0 Å². The summed E-state index contributed by atoms with van der Waals surface area (Å²) in [5, 5.41) is 0.567. The molecule has 0 spiro atoms. The maximum absolute atomic E-state index is 11.0. The van der Waals surface area contributed by atoms with Crippen LogP contribution in [-0.4, -0.2) is 30.1 Å². The Balaban J connectivity index is 2.48. The van der Waals surface area contributed by atoms with Crippen LogP contribution in [0.25, 0.3) is 0 Å². The summed E-state index contributed by atoms with van der Waals surface area (Å²) in [6.45, 7) is 1.81. The standard InChI is InChI=1S/C7H10BNO4/c1-8-4-7(12)13-9-5(10)2-3-6(9)11/h8H,2-4H2,1H3. The fourth-order valence-electron chi connectivity index (χ4n) is 1.01. The summed E-state index contributed by atoms with van der Waals surface area (Å²) in [7, 11) is 0.634. The summed E-state index contributed by atoms with van der Waals surface area (Å²) in [5.74, 6) is -1.41. The Morgan fingerprint density at radius 1 is 1.46 bits per heavy atom. The SMILES string of the molecule is CBCC(=O)ON1C(=O)CCC1=O. The molecule has 1 heterocycles. The second-order valence-electron chi connectivity index (χ2n) is 2.80. The summed E-state index contributed by atoms with van der Waals surface area (Å²) >= 11 is 0. The van der Waals surface area contributed by atoms with Crippen LogP contribution in [0.1, 0.15) is 12.8 Å². The van der Waals surface area contributed by atoms with Gasteiger partial charge >= 0.3 is 5.97 Å². The van der Waals surface area contributed by atoms with Crippen molar-refractivity contribution in [2.75, 3.05) is 0 Å². The zero-order valence-corrected chi connectivity index (χ0v) is 7.41. The normalized spacial score (nSPS) is 16.2. The number of imide groups is 1. The zero-order valence-electron chi connectivity index (χ0n) is 7.41. The lowest BCUT2D eigenvalue weighted by atomic mass is 9.78. The van der Waals surface area contributed by atoms with Gasteiger partial charge in [-0.25, -0.2) is 0 Å². The first-order valence-electron chi connectivity index (χ1n) is 4.21. The van der Waals surface area contributed by atoms with E-state index in [9.17, 15) is 14.4 Å². The van der Waals surface area contributed by atoms with Crippen molar-refractivity contribution in [3.63, 3.8) is 0 Å². The first-order valence-corrected chi connectivity index (χ1v) is 4.21. The van der Waals surface area contributed by atoms with E-state index >= 15 is 0 Å². The number of hydrogen-bond acceptors (Lipinski definition) is 4. The Bertz CT molecular complexity index is 237. The van der Waals surface area contributed by atoms with E-state index < -0.39 is 17.8 Å². The van der Waals surface area contributed by atoms with Crippen molar-refractivity contribution in [1.82, 2.24) is 5.06 Å². The molecule has 0 unspecified atom stereocenters. The molecule has 13 heavy (non-hydrogen) atoms. The van der Waals surface area contributed by atoms with E-state index in [-0.39, 0.29) is 19.2 Å². The van der Waals surface area contributed by atoms with Gasteiger partial charge in [-0.2, -0.15) is 0 Å². The molecule has 0 saturated carbocycles. The van der Waals surface area contributed by atoms with E-state index in [2.05, 4.69) is 4.84 Å². The lowest BCUT2D eigenvalue weighted by Gasteiger charge is -2.11. The third-order valence-corrected chi connectivity index (χ3v) is 1.65. The lowest BCUT2D eigenvalue weighted by molar-refractivity contribution is -0.195. The lowest BCUT2D eigenvalue weighted by Crippen LogP contribution is -2.32. The molecule has 1 aliphatic rings. The van der Waals surface area contributed by atoms with Crippen molar-refractivity contribution in [2.45, 2.75) is 26.0 Å². The van der Waals surface area contributed by atoms with E-state index in [1.165, 1.54) is 0 Å². The topological polar surface area (TPSA) is 63.7 Å². The van der Waals surface area contributed by atoms with E-state index in [1.54, 1.807) is 0 Å². The fraction of sp³-hybridized carbons (Fsp3) is 0.571. The first kappa shape index (κ1) is 9.76. The monoisotopic (exact) mass is 183 g/mol. The maximum atomic E-state index is 11.0. The highest BCUT2D eigenvalue weighted by molar-refractivity contribution is 6.39. The van der Waals surface area contributed by atoms with Gasteiger partial charge in [0.05, 0.1) is 0 Å². The van der Waals surface area contributed by atoms with Crippen LogP contribution in [0.4, 0.5) is 0 Å². The molecule has 0 radical (unpaired) electrons. The summed E-state index contributed by atoms with van der Waals surface area (Å²) in [5.41, 5.74) is 0. The molecule has 0 aromatic heterocycles. The quantitative estimate of drug-likeness (QED) is 0.436. The molecular weight excluding hydrogens is 173 g/mol. The average molecular weight is 183 g/mol. The fourth-order valence-corrected chi connectivity index (χ4v) is 1.01. The van der Waals surface area contributed by atoms with Gasteiger partial charge in [0.25, 0.3) is 11.8 Å². The van der Waals surface area contributed by atoms with Crippen molar-refractivity contribution in [1.29, 1.82) is 0 Å². The Hall–Kier alpha value is -1.33. The maximum Gasteiger partial charge on any atom is 0.325 e. The van der Waals surface area contributed by atoms with Crippen molar-refractivity contribution >= 4 is 25.1 Å². The van der Waals surface area contributed by atoms with Crippen LogP contribution < -0.4 is 0 Å². The molecule has 1 saturated heterocycles. The van der Waals surface area contributed by atoms with Crippen molar-refractivity contribution in [2.24, 2.45) is 0 Å². The Kier molecular flexibility index (Phi) is 3.05. The van der Waals surface area contributed by atoms with Crippen LogP contribution in [0.2, 0.25) is 13.1 Å². The number of hydrogen-bond donors (Lipinski definition) is 0. The number of rotatable bonds is 3. The molecule has 6 heteroatoms. The number of carbonyl (C=O) groups is 3. The number of hydroxylamine groups is 2. The minimum absolute atomic E-state index is 0.137. The summed E-state index contributed by atoms with van der Waals surface area (Å²) in [6.07, 6.45) is 0.494. The third-order valence-electron chi connectivity index (χ3n) is 1.65. The third kappa shape index (κ3) is 2.30. The Morgan fingerprint density at radius 2 is 2.00 bits per heavy atom. The van der Waals surface area contributed by atoms with Gasteiger partial charge in [-0.1, -0.05) is 6.82 Å². The molecular formula is C7H10BNO4. The molecule has 0 bridgehead atoms. The smallest absolute Gasteiger partial charge is 0.325 e. The van der Waals surface area contributed by atoms with Gasteiger partial charge in [-0.3, -0.25) is 14.4 Å². The highest BCUT2D eigenvalue weighted by Gasteiger charge is 2.32. The van der Waals surface area contributed by atoms with Gasteiger partial charge in [0, 0.05) is 19.2 Å². The minimum atomic E-state index is -0.536. The largest absolute Gasteiger partial charge is 0.331 e. The number of carbonyl (C=O) groups excluding carboxylic acids is 3. The predicted octanol–water partition coefficient (Wildman–Crippen LogP) is -0.504. The second-order valence-corrected chi connectivity index (χ2v) is 2.80. The molecule has 2 amide bonds. The number of nitrogens with zero attached hydrogens (tertiary/aromatic N) is 1. The van der Waals surface area contributed by atoms with E-state index in [1.807, 2.05) is 6.82 Å². The summed E-state index contributed by atoms with van der Waals surface area (Å²) < 4.78 is 0. The predicted molar refractivity (Wildman–Crippen MR) is 45.0 cm³/mol. The molecule has 70 valence electrons. The van der Waals surface area contributed by atoms with E-state index in [0.29, 0.717) is 12.3 Å². The molecule has 1 rings (SSSR count). The van der Waals surface area contributed by atoms with Crippen LogP contribution in [0.15, 0.2) is 0 Å². The molecule has 0 aromatic carbocycles. The van der Waals surface area contributed by atoms with Gasteiger partial charge in [0.1, 0.15) is 7.28 Å². The van der Waals surface area contributed by atoms with Gasteiger partial charge in [-0.15, -0.1) is 5.06 Å². The summed E-state index contributed by atoms with van der Waals surface area (Å²) in [4.78, 5) is 37.4. The van der Waals surface area contributed by atoms with Crippen LogP contribution in [-0.2, 0) is 19.2 Å². The van der Waals surface area contributed by atoms with Crippen molar-refractivity contribution < 1.29 is 19.2 Å². The molecule has 1 aliphatic heterocycles. The van der Waals surface area contributed by atoms with Crippen molar-refractivity contribution in [3.8, 4) is 0 Å². The Labute approximate surface area is 76.2 Å². The highest BCUT2D eigenvalue weighted by Crippen LogP contribution is 2.12. The van der Waals surface area contributed by atoms with Crippen LogP contribution in [0.3, 0.4) is 0 Å². The van der Waals surface area contributed by atoms with Crippen molar-refractivity contribution in [3.05, 3.63) is 0 Å². The first-order chi connectivity index (χ1) is 6.15. The Morgan fingerprint density at radius 3 is 2.46 bits per heavy atom. The zero-order chi connectivity index (χ0) is 9.84. The minimum Gasteiger partial charge on any atom is -0.331 e. The van der Waals surface area contributed by atoms with Crippen LogP contribution in [0.5, 0.6) is 0 Å². The average Bonchev–Trinajstić information content (AvgIpc) is 2.36. The van der Waals surface area contributed by atoms with E-state index in [4.69, 9.17) is 0 Å². The molecule has 0 atom stereocenters. The summed E-state index contributed by atoms with van der Waals surface area (Å²) in [6, 6.07) is 0. The molecule has 5 nitrogen and oxygen atoms in total. The number of amides is 2. The molecule has 0 aliphatic carbocycles. The van der Waals surface area contributed by atoms with Gasteiger partial charge < -0.3 is 4.84 Å². The highest BCUT2D eigenvalue weighted by atomic mass is 16.7. The molecule has 0 N–H and O–H groups in total. The van der Waals surface area contributed by atoms with E-state index in [0.717, 1.165) is 0 Å². The second kappa shape index (κ2) is 4.07. The van der Waals surface area contributed by atoms with Gasteiger partial charge in [0.2, 0.25) is 0 Å².